The number of hydrogen-bond donors (Lipinski definition) is 2. The van der Waals surface area contributed by atoms with Gasteiger partial charge in [-0.15, -0.1) is 0 Å². The van der Waals surface area contributed by atoms with Crippen LogP contribution in [0.2, 0.25) is 0 Å². The maximum absolute atomic E-state index is 12.5. The molecule has 2 rings (SSSR count). The fourth-order valence-corrected chi connectivity index (χ4v) is 2.31. The molecule has 1 aromatic rings. The minimum atomic E-state index is -1.55. The van der Waals surface area contributed by atoms with Crippen molar-refractivity contribution in [1.82, 2.24) is 0 Å². The Morgan fingerprint density at radius 1 is 1.05 bits per heavy atom. The van der Waals surface area contributed by atoms with Gasteiger partial charge in [-0.2, -0.15) is 0 Å². The van der Waals surface area contributed by atoms with Gasteiger partial charge in [0.15, 0.2) is 5.78 Å². The molecule has 108 valence electrons. The SMILES string of the molecule is CC1(C(=O)O)CC(C(=O)O)=CC=C1C(=O)c1ccccc1. The number of benzene rings is 1. The molecule has 0 bridgehead atoms. The Labute approximate surface area is 121 Å². The molecule has 1 atom stereocenters. The lowest BCUT2D eigenvalue weighted by molar-refractivity contribution is -0.145. The van der Waals surface area contributed by atoms with Gasteiger partial charge < -0.3 is 10.2 Å². The van der Waals surface area contributed by atoms with Gasteiger partial charge in [-0.3, -0.25) is 9.59 Å². The minimum absolute atomic E-state index is 0.0236. The summed E-state index contributed by atoms with van der Waals surface area (Å²) >= 11 is 0. The van der Waals surface area contributed by atoms with Crippen LogP contribution in [0.4, 0.5) is 0 Å². The number of carbonyl (C=O) groups is 3. The number of carboxylic acids is 2. The van der Waals surface area contributed by atoms with Gasteiger partial charge in [0.2, 0.25) is 0 Å². The first kappa shape index (κ1) is 14.7. The lowest BCUT2D eigenvalue weighted by atomic mass is 9.71. The van der Waals surface area contributed by atoms with Crippen LogP contribution < -0.4 is 0 Å². The maximum atomic E-state index is 12.5. The van der Waals surface area contributed by atoms with Crippen LogP contribution in [0.15, 0.2) is 53.6 Å². The fraction of sp³-hybridized carbons (Fsp3) is 0.188. The van der Waals surface area contributed by atoms with E-state index in [4.69, 9.17) is 5.11 Å². The number of allylic oxidation sites excluding steroid dienone is 2. The molecule has 0 spiro atoms. The third-order valence-electron chi connectivity index (χ3n) is 3.62. The van der Waals surface area contributed by atoms with Crippen LogP contribution in [0, 0.1) is 5.41 Å². The van der Waals surface area contributed by atoms with Gasteiger partial charge in [-0.1, -0.05) is 42.5 Å². The molecular formula is C16H14O5. The predicted molar refractivity (Wildman–Crippen MR) is 74.9 cm³/mol. The Kier molecular flexibility index (Phi) is 3.76. The molecule has 0 aliphatic heterocycles. The number of aliphatic carboxylic acids is 2. The van der Waals surface area contributed by atoms with Crippen LogP contribution in [-0.2, 0) is 9.59 Å². The van der Waals surface area contributed by atoms with Gasteiger partial charge in [0.25, 0.3) is 0 Å². The van der Waals surface area contributed by atoms with Gasteiger partial charge in [0.1, 0.15) is 0 Å². The highest BCUT2D eigenvalue weighted by molar-refractivity contribution is 6.13. The van der Waals surface area contributed by atoms with E-state index in [-0.39, 0.29) is 17.6 Å². The summed E-state index contributed by atoms with van der Waals surface area (Å²) in [5.41, 5.74) is -1.10. The van der Waals surface area contributed by atoms with Crippen LogP contribution in [0.3, 0.4) is 0 Å². The molecule has 5 heteroatoms. The van der Waals surface area contributed by atoms with Crippen LogP contribution in [-0.4, -0.2) is 27.9 Å². The summed E-state index contributed by atoms with van der Waals surface area (Å²) in [4.78, 5) is 35.1. The second-order valence-electron chi connectivity index (χ2n) is 5.09. The second kappa shape index (κ2) is 5.36. The molecule has 1 aliphatic carbocycles. The average Bonchev–Trinajstić information content (AvgIpc) is 2.47. The minimum Gasteiger partial charge on any atom is -0.481 e. The molecule has 1 aliphatic rings. The van der Waals surface area contributed by atoms with Crippen LogP contribution >= 0.6 is 0 Å². The van der Waals surface area contributed by atoms with E-state index in [1.807, 2.05) is 0 Å². The normalized spacial score (nSPS) is 21.2. The standard InChI is InChI=1S/C16H14O5/c1-16(15(20)21)9-11(14(18)19)7-8-12(16)13(17)10-5-3-2-4-6-10/h2-8H,9H2,1H3,(H,18,19)(H,20,21). The van der Waals surface area contributed by atoms with Crippen molar-refractivity contribution in [2.45, 2.75) is 13.3 Å². The fourth-order valence-electron chi connectivity index (χ4n) is 2.31. The van der Waals surface area contributed by atoms with E-state index in [1.165, 1.54) is 19.1 Å². The first-order valence-electron chi connectivity index (χ1n) is 6.34. The van der Waals surface area contributed by atoms with Gasteiger partial charge in [-0.05, 0) is 13.3 Å². The molecule has 0 radical (unpaired) electrons. The molecule has 0 heterocycles. The zero-order chi connectivity index (χ0) is 15.6. The largest absolute Gasteiger partial charge is 0.481 e. The Balaban J connectivity index is 2.50. The summed E-state index contributed by atoms with van der Waals surface area (Å²) in [6, 6.07) is 8.33. The maximum Gasteiger partial charge on any atom is 0.331 e. The number of carboxylic acid groups (broad SMARTS) is 2. The number of Topliss-reactive ketones (excluding diaryl/α,β-unsaturated/α-hetero) is 1. The van der Waals surface area contributed by atoms with Crippen molar-refractivity contribution in [3.8, 4) is 0 Å². The van der Waals surface area contributed by atoms with Gasteiger partial charge in [0.05, 0.1) is 5.41 Å². The Bertz CT molecular complexity index is 669. The predicted octanol–water partition coefficient (Wildman–Crippen LogP) is 2.30. The Morgan fingerprint density at radius 3 is 2.19 bits per heavy atom. The zero-order valence-electron chi connectivity index (χ0n) is 11.4. The lowest BCUT2D eigenvalue weighted by Gasteiger charge is -2.29. The molecule has 0 amide bonds. The molecule has 1 aromatic carbocycles. The molecule has 0 saturated heterocycles. The second-order valence-corrected chi connectivity index (χ2v) is 5.09. The van der Waals surface area contributed by atoms with Crippen molar-refractivity contribution in [2.75, 3.05) is 0 Å². The first-order valence-corrected chi connectivity index (χ1v) is 6.34. The van der Waals surface area contributed by atoms with E-state index in [9.17, 15) is 19.5 Å². The highest BCUT2D eigenvalue weighted by Crippen LogP contribution is 2.39. The van der Waals surface area contributed by atoms with Crippen LogP contribution in [0.25, 0.3) is 0 Å². The molecule has 0 fully saturated rings. The Morgan fingerprint density at radius 2 is 1.67 bits per heavy atom. The zero-order valence-corrected chi connectivity index (χ0v) is 11.4. The molecule has 0 aromatic heterocycles. The van der Waals surface area contributed by atoms with E-state index in [0.717, 1.165) is 0 Å². The summed E-state index contributed by atoms with van der Waals surface area (Å²) in [5.74, 6) is -2.80. The van der Waals surface area contributed by atoms with Crippen LogP contribution in [0.5, 0.6) is 0 Å². The van der Waals surface area contributed by atoms with Gasteiger partial charge in [-0.25, -0.2) is 4.79 Å². The smallest absolute Gasteiger partial charge is 0.331 e. The van der Waals surface area contributed by atoms with Crippen molar-refractivity contribution in [2.24, 2.45) is 5.41 Å². The molecular weight excluding hydrogens is 272 g/mol. The topological polar surface area (TPSA) is 91.7 Å². The lowest BCUT2D eigenvalue weighted by Crippen LogP contribution is -2.36. The quantitative estimate of drug-likeness (QED) is 0.829. The van der Waals surface area contributed by atoms with Crippen molar-refractivity contribution >= 4 is 17.7 Å². The van der Waals surface area contributed by atoms with E-state index < -0.39 is 23.1 Å². The summed E-state index contributed by atoms with van der Waals surface area (Å²) in [5, 5.41) is 18.5. The average molecular weight is 286 g/mol. The van der Waals surface area contributed by atoms with E-state index in [1.54, 1.807) is 30.3 Å². The third kappa shape index (κ3) is 2.63. The highest BCUT2D eigenvalue weighted by atomic mass is 16.4. The molecule has 5 nitrogen and oxygen atoms in total. The molecule has 1 unspecified atom stereocenters. The number of carbonyl (C=O) groups excluding carboxylic acids is 1. The van der Waals surface area contributed by atoms with Crippen molar-refractivity contribution in [3.63, 3.8) is 0 Å². The molecule has 0 saturated carbocycles. The summed E-state index contributed by atoms with van der Waals surface area (Å²) in [6.07, 6.45) is 2.38. The van der Waals surface area contributed by atoms with E-state index in [2.05, 4.69) is 0 Å². The Hall–Kier alpha value is -2.69. The summed E-state index contributed by atoms with van der Waals surface area (Å²) in [6.45, 7) is 1.37. The highest BCUT2D eigenvalue weighted by Gasteiger charge is 2.43. The van der Waals surface area contributed by atoms with E-state index in [0.29, 0.717) is 5.56 Å². The molecule has 2 N–H and O–H groups in total. The number of rotatable bonds is 4. The number of hydrogen-bond acceptors (Lipinski definition) is 3. The number of ketones is 1. The monoisotopic (exact) mass is 286 g/mol. The van der Waals surface area contributed by atoms with E-state index >= 15 is 0 Å². The van der Waals surface area contributed by atoms with Gasteiger partial charge in [0, 0.05) is 16.7 Å². The van der Waals surface area contributed by atoms with Crippen LogP contribution in [0.1, 0.15) is 23.7 Å². The van der Waals surface area contributed by atoms with Crippen molar-refractivity contribution in [3.05, 3.63) is 59.2 Å². The summed E-state index contributed by atoms with van der Waals surface area (Å²) in [7, 11) is 0. The molecule has 21 heavy (non-hydrogen) atoms. The first-order chi connectivity index (χ1) is 9.86. The third-order valence-corrected chi connectivity index (χ3v) is 3.62. The van der Waals surface area contributed by atoms with Crippen molar-refractivity contribution < 1.29 is 24.6 Å². The summed E-state index contributed by atoms with van der Waals surface area (Å²) < 4.78 is 0. The van der Waals surface area contributed by atoms with Gasteiger partial charge >= 0.3 is 11.9 Å². The van der Waals surface area contributed by atoms with Crippen molar-refractivity contribution in [1.29, 1.82) is 0 Å².